The highest BCUT2D eigenvalue weighted by molar-refractivity contribution is 5.89. The second-order valence-electron chi connectivity index (χ2n) is 15.9. The van der Waals surface area contributed by atoms with Gasteiger partial charge in [0.1, 0.15) is 0 Å². The van der Waals surface area contributed by atoms with Gasteiger partial charge in [0.05, 0.1) is 5.41 Å². The Balaban J connectivity index is 1.10. The van der Waals surface area contributed by atoms with Crippen molar-refractivity contribution >= 4 is 0 Å². The molecule has 0 aliphatic heterocycles. The summed E-state index contributed by atoms with van der Waals surface area (Å²) < 4.78 is 0. The first-order valence-corrected chi connectivity index (χ1v) is 20.0. The minimum absolute atomic E-state index is 0.199. The number of fused-ring (bicyclic) bond motifs is 9. The molecule has 0 bridgehead atoms. The summed E-state index contributed by atoms with van der Waals surface area (Å²) in [5.74, 6) is 1.92. The van der Waals surface area contributed by atoms with Crippen LogP contribution < -0.4 is 0 Å². The average Bonchev–Trinajstić information content (AvgIpc) is 3.59. The maximum absolute atomic E-state index is 5.22. The van der Waals surface area contributed by atoms with Gasteiger partial charge < -0.3 is 0 Å². The highest BCUT2D eigenvalue weighted by Crippen LogP contribution is 2.62. The van der Waals surface area contributed by atoms with Gasteiger partial charge in [-0.15, -0.1) is 0 Å². The van der Waals surface area contributed by atoms with E-state index in [2.05, 4.69) is 190 Å². The van der Waals surface area contributed by atoms with Crippen LogP contribution in [-0.4, -0.2) is 15.0 Å². The Bertz CT molecular complexity index is 2990. The third-order valence-corrected chi connectivity index (χ3v) is 12.4. The fourth-order valence-electron chi connectivity index (χ4n) is 9.77. The van der Waals surface area contributed by atoms with E-state index in [0.29, 0.717) is 17.5 Å². The van der Waals surface area contributed by atoms with Crippen LogP contribution in [0, 0.1) is 0 Å². The molecule has 0 N–H and O–H groups in total. The summed E-state index contributed by atoms with van der Waals surface area (Å²) in [6.07, 6.45) is 0. The lowest BCUT2D eigenvalue weighted by molar-refractivity contribution is 0.563. The van der Waals surface area contributed by atoms with Crippen LogP contribution in [0.3, 0.4) is 0 Å². The van der Waals surface area contributed by atoms with Gasteiger partial charge in [-0.3, -0.25) is 0 Å². The topological polar surface area (TPSA) is 38.7 Å². The highest BCUT2D eigenvalue weighted by atomic mass is 15.0. The van der Waals surface area contributed by atoms with Crippen LogP contribution >= 0.6 is 0 Å². The molecular formula is C55H39N3. The molecule has 2 aliphatic rings. The molecule has 3 heteroatoms. The zero-order valence-corrected chi connectivity index (χ0v) is 32.4. The smallest absolute Gasteiger partial charge is 0.164 e. The summed E-state index contributed by atoms with van der Waals surface area (Å²) >= 11 is 0. The average molecular weight is 742 g/mol. The van der Waals surface area contributed by atoms with E-state index < -0.39 is 5.41 Å². The standard InChI is InChI=1S/C55H39N3/c1-54(2)47-30-15-16-31-49(47)55(45-28-13-11-25-42(45)43-26-12-14-29-46(43)55)50-35-39(32-33-48(50)54)38-22-17-23-40(34-38)52-56-51(37-20-7-4-8-21-37)57-53(58-52)44-27-10-9-24-41(44)36-18-5-3-6-19-36/h3-35H,1-2H3. The van der Waals surface area contributed by atoms with Crippen molar-refractivity contribution in [2.75, 3.05) is 0 Å². The molecule has 0 fully saturated rings. The van der Waals surface area contributed by atoms with Crippen molar-refractivity contribution in [3.05, 3.63) is 234 Å². The Morgan fingerprint density at radius 3 is 1.40 bits per heavy atom. The van der Waals surface area contributed by atoms with Gasteiger partial charge in [-0.25, -0.2) is 15.0 Å². The molecule has 3 nitrogen and oxygen atoms in total. The van der Waals surface area contributed by atoms with Crippen LogP contribution in [0.25, 0.3) is 67.5 Å². The Hall–Kier alpha value is -7.23. The molecule has 274 valence electrons. The minimum atomic E-state index is -0.456. The maximum Gasteiger partial charge on any atom is 0.164 e. The summed E-state index contributed by atoms with van der Waals surface area (Å²) in [5.41, 5.74) is 17.4. The lowest BCUT2D eigenvalue weighted by atomic mass is 9.55. The third kappa shape index (κ3) is 5.10. The zero-order chi connectivity index (χ0) is 38.8. The van der Waals surface area contributed by atoms with Crippen LogP contribution in [0.4, 0.5) is 0 Å². The molecule has 0 atom stereocenters. The Labute approximate surface area is 339 Å². The van der Waals surface area contributed by atoms with Gasteiger partial charge in [0, 0.05) is 22.1 Å². The van der Waals surface area contributed by atoms with Gasteiger partial charge in [-0.2, -0.15) is 0 Å². The van der Waals surface area contributed by atoms with Crippen molar-refractivity contribution in [2.45, 2.75) is 24.7 Å². The van der Waals surface area contributed by atoms with Crippen molar-refractivity contribution in [1.82, 2.24) is 15.0 Å². The molecule has 1 aromatic heterocycles. The van der Waals surface area contributed by atoms with Crippen LogP contribution in [0.5, 0.6) is 0 Å². The normalized spacial score (nSPS) is 14.0. The van der Waals surface area contributed by atoms with Gasteiger partial charge >= 0.3 is 0 Å². The number of hydrogen-bond acceptors (Lipinski definition) is 3. The molecule has 11 rings (SSSR count). The van der Waals surface area contributed by atoms with Crippen molar-refractivity contribution < 1.29 is 0 Å². The van der Waals surface area contributed by atoms with E-state index in [1.807, 2.05) is 24.3 Å². The molecule has 1 spiro atoms. The van der Waals surface area contributed by atoms with Crippen molar-refractivity contribution in [1.29, 1.82) is 0 Å². The predicted octanol–water partition coefficient (Wildman–Crippen LogP) is 13.2. The number of rotatable bonds is 5. The molecule has 9 aromatic rings. The van der Waals surface area contributed by atoms with Gasteiger partial charge in [-0.05, 0) is 78.9 Å². The molecule has 0 amide bonds. The lowest BCUT2D eigenvalue weighted by Gasteiger charge is -2.46. The zero-order valence-electron chi connectivity index (χ0n) is 32.4. The molecule has 0 radical (unpaired) electrons. The van der Waals surface area contributed by atoms with Crippen LogP contribution in [0.15, 0.2) is 200 Å². The second-order valence-corrected chi connectivity index (χ2v) is 15.9. The van der Waals surface area contributed by atoms with Crippen LogP contribution in [0.2, 0.25) is 0 Å². The van der Waals surface area contributed by atoms with Crippen molar-refractivity contribution in [3.8, 4) is 67.5 Å². The molecule has 1 heterocycles. The first kappa shape index (κ1) is 34.1. The summed E-state index contributed by atoms with van der Waals surface area (Å²) in [7, 11) is 0. The van der Waals surface area contributed by atoms with E-state index in [-0.39, 0.29) is 5.41 Å². The summed E-state index contributed by atoms with van der Waals surface area (Å²) in [6, 6.07) is 72.0. The van der Waals surface area contributed by atoms with Gasteiger partial charge in [0.25, 0.3) is 0 Å². The van der Waals surface area contributed by atoms with E-state index >= 15 is 0 Å². The lowest BCUT2D eigenvalue weighted by Crippen LogP contribution is -2.40. The first-order valence-electron chi connectivity index (χ1n) is 20.0. The molecule has 2 aliphatic carbocycles. The van der Waals surface area contributed by atoms with Crippen LogP contribution in [-0.2, 0) is 10.8 Å². The van der Waals surface area contributed by atoms with Gasteiger partial charge in [0.15, 0.2) is 17.5 Å². The van der Waals surface area contributed by atoms with Gasteiger partial charge in [0.2, 0.25) is 0 Å². The van der Waals surface area contributed by atoms with E-state index in [9.17, 15) is 0 Å². The Morgan fingerprint density at radius 2 is 0.724 bits per heavy atom. The van der Waals surface area contributed by atoms with E-state index in [1.54, 1.807) is 0 Å². The van der Waals surface area contributed by atoms with Crippen LogP contribution in [0.1, 0.15) is 47.2 Å². The number of aromatic nitrogens is 3. The molecule has 0 unspecified atom stereocenters. The number of hydrogen-bond donors (Lipinski definition) is 0. The maximum atomic E-state index is 5.22. The van der Waals surface area contributed by atoms with E-state index in [1.165, 1.54) is 44.5 Å². The monoisotopic (exact) mass is 741 g/mol. The van der Waals surface area contributed by atoms with Gasteiger partial charge in [-0.1, -0.05) is 202 Å². The second kappa shape index (κ2) is 13.2. The fraction of sp³-hybridized carbons (Fsp3) is 0.0727. The Morgan fingerprint density at radius 1 is 0.276 bits per heavy atom. The largest absolute Gasteiger partial charge is 0.208 e. The van der Waals surface area contributed by atoms with E-state index in [0.717, 1.165) is 38.9 Å². The molecule has 58 heavy (non-hydrogen) atoms. The SMILES string of the molecule is CC1(C)c2ccccc2C2(c3ccccc3-c3ccccc32)c2cc(-c3cccc(-c4nc(-c5ccccc5)nc(-c5ccccc5-c5ccccc5)n4)c3)ccc21. The minimum Gasteiger partial charge on any atom is -0.208 e. The van der Waals surface area contributed by atoms with E-state index in [4.69, 9.17) is 15.0 Å². The predicted molar refractivity (Wildman–Crippen MR) is 236 cm³/mol. The highest BCUT2D eigenvalue weighted by Gasteiger charge is 2.53. The number of benzene rings is 8. The first-order chi connectivity index (χ1) is 28.5. The Kier molecular flexibility index (Phi) is 7.74. The summed E-state index contributed by atoms with van der Waals surface area (Å²) in [4.78, 5) is 15.5. The summed E-state index contributed by atoms with van der Waals surface area (Å²) in [5, 5.41) is 0. The van der Waals surface area contributed by atoms with Crippen molar-refractivity contribution in [2.24, 2.45) is 0 Å². The quantitative estimate of drug-likeness (QED) is 0.176. The molecule has 0 saturated carbocycles. The number of nitrogens with zero attached hydrogens (tertiary/aromatic N) is 3. The third-order valence-electron chi connectivity index (χ3n) is 12.4. The molecule has 0 saturated heterocycles. The molecule has 8 aromatic carbocycles. The molecular weight excluding hydrogens is 703 g/mol. The van der Waals surface area contributed by atoms with Crippen molar-refractivity contribution in [3.63, 3.8) is 0 Å². The summed E-state index contributed by atoms with van der Waals surface area (Å²) in [6.45, 7) is 4.76. The fourth-order valence-corrected chi connectivity index (χ4v) is 9.77.